The number of benzene rings is 1. The molecule has 0 spiro atoms. The lowest BCUT2D eigenvalue weighted by Crippen LogP contribution is -2.35. The molecule has 6 heteroatoms. The number of halogens is 1. The quantitative estimate of drug-likeness (QED) is 0.801. The Labute approximate surface area is 135 Å². The van der Waals surface area contributed by atoms with Crippen LogP contribution in [0, 0.1) is 11.7 Å². The number of rotatable bonds is 3. The lowest BCUT2D eigenvalue weighted by Gasteiger charge is -2.24. The van der Waals surface area contributed by atoms with Gasteiger partial charge in [0.25, 0.3) is 0 Å². The van der Waals surface area contributed by atoms with Gasteiger partial charge < -0.3 is 14.4 Å². The van der Waals surface area contributed by atoms with Gasteiger partial charge in [-0.1, -0.05) is 0 Å². The van der Waals surface area contributed by atoms with Gasteiger partial charge >= 0.3 is 6.09 Å². The van der Waals surface area contributed by atoms with Gasteiger partial charge in [-0.3, -0.25) is 4.79 Å². The molecular weight excluding hydrogens is 301 g/mol. The molecule has 0 radical (unpaired) electrons. The van der Waals surface area contributed by atoms with Gasteiger partial charge in [0.2, 0.25) is 0 Å². The maximum atomic E-state index is 13.7. The maximum Gasteiger partial charge on any atom is 0.410 e. The van der Waals surface area contributed by atoms with Crippen LogP contribution in [0.4, 0.5) is 9.18 Å². The molecule has 1 amide bonds. The van der Waals surface area contributed by atoms with Crippen LogP contribution in [-0.2, 0) is 4.74 Å². The Morgan fingerprint density at radius 2 is 2.00 bits per heavy atom. The minimum absolute atomic E-state index is 0.100. The van der Waals surface area contributed by atoms with Crippen LogP contribution in [0.2, 0.25) is 0 Å². The maximum absolute atomic E-state index is 13.7. The number of amides is 1. The first-order valence-corrected chi connectivity index (χ1v) is 7.57. The number of Topliss-reactive ketones (excluding diaryl/α,β-unsaturated/α-hetero) is 1. The minimum atomic E-state index is -0.571. The average Bonchev–Trinajstić information content (AvgIpc) is 2.94. The summed E-state index contributed by atoms with van der Waals surface area (Å²) in [6.07, 6.45) is 0.125. The van der Waals surface area contributed by atoms with E-state index in [9.17, 15) is 14.0 Å². The number of carbonyl (C=O) groups excluding carboxylic acids is 2. The van der Waals surface area contributed by atoms with Crippen molar-refractivity contribution in [2.75, 3.05) is 20.2 Å². The molecule has 1 saturated heterocycles. The van der Waals surface area contributed by atoms with E-state index in [1.165, 1.54) is 24.1 Å². The van der Waals surface area contributed by atoms with Gasteiger partial charge in [0, 0.05) is 24.6 Å². The van der Waals surface area contributed by atoms with Crippen molar-refractivity contribution in [1.29, 1.82) is 0 Å². The number of hydrogen-bond donors (Lipinski definition) is 0. The summed E-state index contributed by atoms with van der Waals surface area (Å²) in [4.78, 5) is 26.0. The van der Waals surface area contributed by atoms with E-state index in [0.717, 1.165) is 0 Å². The summed E-state index contributed by atoms with van der Waals surface area (Å²) in [5, 5.41) is 0. The fraction of sp³-hybridized carbons (Fsp3) is 0.529. The molecule has 0 aliphatic carbocycles. The van der Waals surface area contributed by atoms with Crippen LogP contribution in [-0.4, -0.2) is 42.6 Å². The first-order chi connectivity index (χ1) is 10.7. The Morgan fingerprint density at radius 3 is 2.57 bits per heavy atom. The molecule has 0 aromatic heterocycles. The largest absolute Gasteiger partial charge is 0.494 e. The smallest absolute Gasteiger partial charge is 0.410 e. The highest BCUT2D eigenvalue weighted by Gasteiger charge is 2.34. The van der Waals surface area contributed by atoms with Gasteiger partial charge in [-0.25, -0.2) is 9.18 Å². The minimum Gasteiger partial charge on any atom is -0.494 e. The van der Waals surface area contributed by atoms with Crippen molar-refractivity contribution in [2.45, 2.75) is 32.8 Å². The zero-order valence-corrected chi connectivity index (χ0v) is 13.9. The summed E-state index contributed by atoms with van der Waals surface area (Å²) in [7, 11) is 1.37. The van der Waals surface area contributed by atoms with Gasteiger partial charge in [0.15, 0.2) is 17.3 Å². The lowest BCUT2D eigenvalue weighted by molar-refractivity contribution is 0.0289. The molecule has 0 unspecified atom stereocenters. The average molecular weight is 323 g/mol. The molecule has 5 nitrogen and oxygen atoms in total. The van der Waals surface area contributed by atoms with Crippen LogP contribution < -0.4 is 4.74 Å². The van der Waals surface area contributed by atoms with E-state index in [1.807, 2.05) is 0 Å². The van der Waals surface area contributed by atoms with Gasteiger partial charge in [-0.05, 0) is 45.4 Å². The van der Waals surface area contributed by atoms with Crippen LogP contribution >= 0.6 is 0 Å². The summed E-state index contributed by atoms with van der Waals surface area (Å²) in [5.41, 5.74) is -0.280. The van der Waals surface area contributed by atoms with E-state index in [2.05, 4.69) is 0 Å². The second-order valence-electron chi connectivity index (χ2n) is 6.63. The molecule has 1 aromatic carbocycles. The van der Waals surface area contributed by atoms with Crippen molar-refractivity contribution in [2.24, 2.45) is 5.92 Å². The molecule has 1 heterocycles. The summed E-state index contributed by atoms with van der Waals surface area (Å²) < 4.78 is 23.9. The van der Waals surface area contributed by atoms with E-state index in [-0.39, 0.29) is 17.5 Å². The Bertz CT molecular complexity index is 609. The SMILES string of the molecule is COc1ccc(C(=O)[C@@H]2CCN(C(=O)OC(C)(C)C)C2)cc1F. The van der Waals surface area contributed by atoms with Crippen LogP contribution in [0.15, 0.2) is 18.2 Å². The zero-order valence-electron chi connectivity index (χ0n) is 13.9. The Hall–Kier alpha value is -2.11. The number of likely N-dealkylation sites (tertiary alicyclic amines) is 1. The Kier molecular flexibility index (Phi) is 4.92. The van der Waals surface area contributed by atoms with Gasteiger partial charge in [-0.2, -0.15) is 0 Å². The Morgan fingerprint density at radius 1 is 1.30 bits per heavy atom. The van der Waals surface area contributed by atoms with Crippen LogP contribution in [0.1, 0.15) is 37.6 Å². The second-order valence-corrected chi connectivity index (χ2v) is 6.63. The predicted octanol–water partition coefficient (Wildman–Crippen LogP) is 3.27. The molecular formula is C17H22FNO4. The Balaban J connectivity index is 2.02. The van der Waals surface area contributed by atoms with Crippen LogP contribution in [0.3, 0.4) is 0 Å². The summed E-state index contributed by atoms with van der Waals surface area (Å²) in [6, 6.07) is 4.15. The highest BCUT2D eigenvalue weighted by molar-refractivity contribution is 5.98. The second kappa shape index (κ2) is 6.56. The highest BCUT2D eigenvalue weighted by Crippen LogP contribution is 2.25. The molecule has 1 fully saturated rings. The number of carbonyl (C=O) groups is 2. The molecule has 2 rings (SSSR count). The molecule has 1 aliphatic rings. The van der Waals surface area contributed by atoms with Gasteiger partial charge in [-0.15, -0.1) is 0 Å². The molecule has 126 valence electrons. The standard InChI is InChI=1S/C17H22FNO4/c1-17(2,3)23-16(21)19-8-7-12(10-19)15(20)11-5-6-14(22-4)13(18)9-11/h5-6,9,12H,7-8,10H2,1-4H3/t12-/m1/s1. The van der Waals surface area contributed by atoms with Crippen molar-refractivity contribution in [3.63, 3.8) is 0 Å². The zero-order chi connectivity index (χ0) is 17.2. The van der Waals surface area contributed by atoms with Gasteiger partial charge in [0.1, 0.15) is 5.60 Å². The fourth-order valence-electron chi connectivity index (χ4n) is 2.52. The van der Waals surface area contributed by atoms with Gasteiger partial charge in [0.05, 0.1) is 7.11 Å². The third-order valence-electron chi connectivity index (χ3n) is 3.65. The van der Waals surface area contributed by atoms with E-state index in [1.54, 1.807) is 26.8 Å². The fourth-order valence-corrected chi connectivity index (χ4v) is 2.52. The van der Waals surface area contributed by atoms with Crippen molar-refractivity contribution < 1.29 is 23.5 Å². The molecule has 0 bridgehead atoms. The number of nitrogens with zero attached hydrogens (tertiary/aromatic N) is 1. The van der Waals surface area contributed by atoms with Crippen molar-refractivity contribution in [3.8, 4) is 5.75 Å². The topological polar surface area (TPSA) is 55.8 Å². The van der Waals surface area contributed by atoms with Crippen LogP contribution in [0.5, 0.6) is 5.75 Å². The lowest BCUT2D eigenvalue weighted by atomic mass is 9.97. The number of ketones is 1. The van der Waals surface area contributed by atoms with Crippen molar-refractivity contribution in [3.05, 3.63) is 29.6 Å². The molecule has 1 aromatic rings. The normalized spacial score (nSPS) is 18.0. The first-order valence-electron chi connectivity index (χ1n) is 7.57. The molecule has 1 aliphatic heterocycles. The number of methoxy groups -OCH3 is 1. The third-order valence-corrected chi connectivity index (χ3v) is 3.65. The third kappa shape index (κ3) is 4.21. The van der Waals surface area contributed by atoms with E-state index < -0.39 is 17.5 Å². The monoisotopic (exact) mass is 323 g/mol. The van der Waals surface area contributed by atoms with E-state index in [4.69, 9.17) is 9.47 Å². The molecule has 0 N–H and O–H groups in total. The summed E-state index contributed by atoms with van der Waals surface area (Å²) in [6.45, 7) is 6.14. The van der Waals surface area contributed by atoms with Crippen molar-refractivity contribution in [1.82, 2.24) is 4.90 Å². The van der Waals surface area contributed by atoms with Crippen molar-refractivity contribution >= 4 is 11.9 Å². The number of hydrogen-bond acceptors (Lipinski definition) is 4. The predicted molar refractivity (Wildman–Crippen MR) is 83.2 cm³/mol. The molecule has 23 heavy (non-hydrogen) atoms. The summed E-state index contributed by atoms with van der Waals surface area (Å²) >= 11 is 0. The highest BCUT2D eigenvalue weighted by atomic mass is 19.1. The molecule has 1 atom stereocenters. The molecule has 0 saturated carbocycles. The van der Waals surface area contributed by atoms with E-state index >= 15 is 0 Å². The number of ether oxygens (including phenoxy) is 2. The van der Waals surface area contributed by atoms with Crippen LogP contribution in [0.25, 0.3) is 0 Å². The van der Waals surface area contributed by atoms with E-state index in [0.29, 0.717) is 25.1 Å². The summed E-state index contributed by atoms with van der Waals surface area (Å²) in [5.74, 6) is -0.975. The first kappa shape index (κ1) is 17.2.